The maximum atomic E-state index is 11.5. The summed E-state index contributed by atoms with van der Waals surface area (Å²) in [5.41, 5.74) is 0. The lowest BCUT2D eigenvalue weighted by Crippen LogP contribution is -2.36. The number of rotatable bonds is 5. The minimum atomic E-state index is -0.253. The van der Waals surface area contributed by atoms with Crippen LogP contribution in [-0.2, 0) is 4.79 Å². The van der Waals surface area contributed by atoms with Crippen LogP contribution in [0.5, 0.6) is 0 Å². The fourth-order valence-corrected chi connectivity index (χ4v) is 1.08. The molecule has 0 saturated carbocycles. The van der Waals surface area contributed by atoms with Crippen molar-refractivity contribution in [3.05, 3.63) is 0 Å². The summed E-state index contributed by atoms with van der Waals surface area (Å²) in [7, 11) is 0. The second kappa shape index (κ2) is 6.00. The average molecular weight is 173 g/mol. The zero-order chi connectivity index (χ0) is 9.56. The number of hydrogen-bond acceptors (Lipinski definition) is 2. The molecule has 0 rings (SSSR count). The van der Waals surface area contributed by atoms with E-state index in [0.29, 0.717) is 0 Å². The summed E-state index contributed by atoms with van der Waals surface area (Å²) in [6, 6.07) is 0. The molecule has 0 aliphatic heterocycles. The molecule has 0 aromatic carbocycles. The highest BCUT2D eigenvalue weighted by atomic mass is 16.3. The molecule has 12 heavy (non-hydrogen) atoms. The quantitative estimate of drug-likeness (QED) is 0.670. The van der Waals surface area contributed by atoms with Crippen LogP contribution in [0.25, 0.3) is 0 Å². The molecule has 1 amide bonds. The Kier molecular flexibility index (Phi) is 5.72. The molecule has 72 valence electrons. The van der Waals surface area contributed by atoms with Gasteiger partial charge in [-0.25, -0.2) is 0 Å². The lowest BCUT2D eigenvalue weighted by atomic mass is 10.1. The summed E-state index contributed by atoms with van der Waals surface area (Å²) in [6.07, 6.45) is 0.970. The molecular weight excluding hydrogens is 154 g/mol. The number of carbonyl (C=O) groups excluding carboxylic acids is 1. The van der Waals surface area contributed by atoms with Gasteiger partial charge in [-0.05, 0) is 13.3 Å². The molecule has 0 fully saturated rings. The third-order valence-corrected chi connectivity index (χ3v) is 1.88. The van der Waals surface area contributed by atoms with Crippen LogP contribution in [-0.4, -0.2) is 35.6 Å². The molecule has 0 aromatic rings. The molecule has 0 spiro atoms. The highest BCUT2D eigenvalue weighted by Crippen LogP contribution is 2.02. The van der Waals surface area contributed by atoms with Crippen LogP contribution in [0.3, 0.4) is 0 Å². The van der Waals surface area contributed by atoms with Gasteiger partial charge >= 0.3 is 0 Å². The van der Waals surface area contributed by atoms with Gasteiger partial charge in [0, 0.05) is 13.1 Å². The lowest BCUT2D eigenvalue weighted by Gasteiger charge is -2.22. The molecular formula is C9H19NO2. The molecule has 0 aliphatic carbocycles. The van der Waals surface area contributed by atoms with Crippen molar-refractivity contribution >= 4 is 5.91 Å². The van der Waals surface area contributed by atoms with E-state index >= 15 is 0 Å². The molecule has 1 N–H and O–H groups in total. The molecule has 0 saturated heterocycles. The fraction of sp³-hybridized carbons (Fsp3) is 0.889. The summed E-state index contributed by atoms with van der Waals surface area (Å²) in [6.45, 7) is 7.22. The first-order valence-corrected chi connectivity index (χ1v) is 4.56. The first kappa shape index (κ1) is 11.4. The third kappa shape index (κ3) is 3.22. The molecule has 0 bridgehead atoms. The summed E-state index contributed by atoms with van der Waals surface area (Å²) in [5.74, 6) is -0.196. The van der Waals surface area contributed by atoms with E-state index in [9.17, 15) is 4.79 Å². The zero-order valence-electron chi connectivity index (χ0n) is 8.21. The normalized spacial score (nSPS) is 12.7. The molecule has 3 heteroatoms. The van der Waals surface area contributed by atoms with Crippen molar-refractivity contribution in [2.24, 2.45) is 5.92 Å². The van der Waals surface area contributed by atoms with Crippen molar-refractivity contribution in [1.82, 2.24) is 4.90 Å². The number of aliphatic hydroxyl groups excluding tert-OH is 1. The van der Waals surface area contributed by atoms with Crippen LogP contribution in [0.1, 0.15) is 27.2 Å². The number of aliphatic hydroxyl groups is 1. The van der Waals surface area contributed by atoms with Crippen LogP contribution >= 0.6 is 0 Å². The van der Waals surface area contributed by atoms with Gasteiger partial charge in [-0.1, -0.05) is 13.8 Å². The highest BCUT2D eigenvalue weighted by molar-refractivity contribution is 5.78. The molecule has 1 unspecified atom stereocenters. The minimum absolute atomic E-state index is 0.0565. The van der Waals surface area contributed by atoms with Gasteiger partial charge in [-0.3, -0.25) is 4.79 Å². The molecule has 0 aliphatic rings. The van der Waals surface area contributed by atoms with Crippen LogP contribution in [0, 0.1) is 5.92 Å². The van der Waals surface area contributed by atoms with Crippen LogP contribution < -0.4 is 0 Å². The second-order valence-electron chi connectivity index (χ2n) is 3.00. The van der Waals surface area contributed by atoms with Crippen molar-refractivity contribution in [1.29, 1.82) is 0 Å². The Balaban J connectivity index is 4.01. The van der Waals surface area contributed by atoms with E-state index < -0.39 is 0 Å². The molecule has 3 nitrogen and oxygen atoms in total. The predicted octanol–water partition coefficient (Wildman–Crippen LogP) is 0.873. The summed E-state index contributed by atoms with van der Waals surface area (Å²) < 4.78 is 0. The summed E-state index contributed by atoms with van der Waals surface area (Å²) in [4.78, 5) is 13.2. The minimum Gasteiger partial charge on any atom is -0.396 e. The molecule has 0 aromatic heterocycles. The Morgan fingerprint density at radius 3 is 2.42 bits per heavy atom. The van der Waals surface area contributed by atoms with Gasteiger partial charge < -0.3 is 10.0 Å². The van der Waals surface area contributed by atoms with Crippen molar-refractivity contribution in [2.75, 3.05) is 19.7 Å². The summed E-state index contributed by atoms with van der Waals surface area (Å²) in [5, 5.41) is 8.77. The fourth-order valence-electron chi connectivity index (χ4n) is 1.08. The van der Waals surface area contributed by atoms with E-state index in [1.807, 2.05) is 13.8 Å². The van der Waals surface area contributed by atoms with Crippen LogP contribution in [0.15, 0.2) is 0 Å². The highest BCUT2D eigenvalue weighted by Gasteiger charge is 2.16. The number of amides is 1. The van der Waals surface area contributed by atoms with E-state index in [2.05, 4.69) is 0 Å². The van der Waals surface area contributed by atoms with Crippen molar-refractivity contribution in [3.63, 3.8) is 0 Å². The SMILES string of the molecule is CCCN(CC)C(=O)C(C)CO. The first-order valence-electron chi connectivity index (χ1n) is 4.56. The van der Waals surface area contributed by atoms with E-state index in [0.717, 1.165) is 19.5 Å². The number of hydrogen-bond donors (Lipinski definition) is 1. The Morgan fingerprint density at radius 1 is 1.50 bits per heavy atom. The molecule has 0 heterocycles. The topological polar surface area (TPSA) is 40.5 Å². The van der Waals surface area contributed by atoms with E-state index in [-0.39, 0.29) is 18.4 Å². The number of nitrogens with zero attached hydrogens (tertiary/aromatic N) is 1. The zero-order valence-corrected chi connectivity index (χ0v) is 8.21. The number of carbonyl (C=O) groups is 1. The van der Waals surface area contributed by atoms with E-state index in [1.54, 1.807) is 11.8 Å². The van der Waals surface area contributed by atoms with Gasteiger partial charge in [0.25, 0.3) is 0 Å². The Labute approximate surface area is 74.4 Å². The maximum absolute atomic E-state index is 11.5. The van der Waals surface area contributed by atoms with Gasteiger partial charge in [0.1, 0.15) is 0 Å². The Morgan fingerprint density at radius 2 is 2.08 bits per heavy atom. The smallest absolute Gasteiger partial charge is 0.227 e. The van der Waals surface area contributed by atoms with Gasteiger partial charge in [0.2, 0.25) is 5.91 Å². The van der Waals surface area contributed by atoms with Gasteiger partial charge in [-0.2, -0.15) is 0 Å². The van der Waals surface area contributed by atoms with Crippen molar-refractivity contribution in [3.8, 4) is 0 Å². The Bertz CT molecular complexity index is 136. The third-order valence-electron chi connectivity index (χ3n) is 1.88. The van der Waals surface area contributed by atoms with E-state index in [4.69, 9.17) is 5.11 Å². The van der Waals surface area contributed by atoms with Gasteiger partial charge in [0.15, 0.2) is 0 Å². The van der Waals surface area contributed by atoms with Crippen molar-refractivity contribution < 1.29 is 9.90 Å². The lowest BCUT2D eigenvalue weighted by molar-refractivity contribution is -0.136. The second-order valence-corrected chi connectivity index (χ2v) is 3.00. The molecule has 0 radical (unpaired) electrons. The predicted molar refractivity (Wildman–Crippen MR) is 48.8 cm³/mol. The molecule has 1 atom stereocenters. The van der Waals surface area contributed by atoms with Gasteiger partial charge in [-0.15, -0.1) is 0 Å². The van der Waals surface area contributed by atoms with E-state index in [1.165, 1.54) is 0 Å². The Hall–Kier alpha value is -0.570. The monoisotopic (exact) mass is 173 g/mol. The maximum Gasteiger partial charge on any atom is 0.227 e. The van der Waals surface area contributed by atoms with Crippen LogP contribution in [0.4, 0.5) is 0 Å². The summed E-state index contributed by atoms with van der Waals surface area (Å²) >= 11 is 0. The van der Waals surface area contributed by atoms with Crippen LogP contribution in [0.2, 0.25) is 0 Å². The van der Waals surface area contributed by atoms with Gasteiger partial charge in [0.05, 0.1) is 12.5 Å². The standard InChI is InChI=1S/C9H19NO2/c1-4-6-10(5-2)9(12)8(3)7-11/h8,11H,4-7H2,1-3H3. The largest absolute Gasteiger partial charge is 0.396 e. The first-order chi connectivity index (χ1) is 5.67. The average Bonchev–Trinajstić information content (AvgIpc) is 2.11. The van der Waals surface area contributed by atoms with Crippen molar-refractivity contribution in [2.45, 2.75) is 27.2 Å².